The normalized spacial score (nSPS) is 12.6. The van der Waals surface area contributed by atoms with Crippen LogP contribution >= 0.6 is 0 Å². The number of nitrogens with one attached hydrogen (secondary N) is 2. The Morgan fingerprint density at radius 1 is 0.821 bits per heavy atom. The van der Waals surface area contributed by atoms with Gasteiger partial charge in [0.05, 0.1) is 0 Å². The number of esters is 1. The van der Waals surface area contributed by atoms with Crippen molar-refractivity contribution in [3.05, 3.63) is 95.6 Å². The molecule has 3 aromatic rings. The third kappa shape index (κ3) is 7.69. The van der Waals surface area contributed by atoms with Gasteiger partial charge >= 0.3 is 12.1 Å². The van der Waals surface area contributed by atoms with E-state index in [1.54, 1.807) is 0 Å². The summed E-state index contributed by atoms with van der Waals surface area (Å²) in [4.78, 5) is 37.5. The molecule has 7 heteroatoms. The molecule has 2 amide bonds. The molecule has 1 aliphatic carbocycles. The first-order valence-electron chi connectivity index (χ1n) is 13.7. The van der Waals surface area contributed by atoms with Crippen molar-refractivity contribution >= 4 is 18.0 Å². The third-order valence-corrected chi connectivity index (χ3v) is 6.86. The molecule has 0 aliphatic heterocycles. The van der Waals surface area contributed by atoms with Crippen LogP contribution in [0.3, 0.4) is 0 Å². The zero-order chi connectivity index (χ0) is 27.5. The molecule has 2 N–H and O–H groups in total. The quantitative estimate of drug-likeness (QED) is 0.219. The lowest BCUT2D eigenvalue weighted by molar-refractivity contribution is -0.147. The van der Waals surface area contributed by atoms with Crippen molar-refractivity contribution in [2.75, 3.05) is 13.2 Å². The van der Waals surface area contributed by atoms with Crippen molar-refractivity contribution in [3.8, 4) is 11.1 Å². The number of carbonyl (C=O) groups is 3. The van der Waals surface area contributed by atoms with Crippen LogP contribution in [-0.2, 0) is 25.7 Å². The van der Waals surface area contributed by atoms with Crippen molar-refractivity contribution in [3.63, 3.8) is 0 Å². The Morgan fingerprint density at radius 2 is 1.46 bits per heavy atom. The number of rotatable bonds is 13. The summed E-state index contributed by atoms with van der Waals surface area (Å²) in [6.45, 7) is 2.76. The lowest BCUT2D eigenvalue weighted by atomic mass is 9.98. The highest BCUT2D eigenvalue weighted by Gasteiger charge is 2.30. The molecule has 4 rings (SSSR count). The summed E-state index contributed by atoms with van der Waals surface area (Å²) in [6, 6.07) is 24.8. The van der Waals surface area contributed by atoms with Crippen LogP contribution < -0.4 is 10.6 Å². The molecule has 204 valence electrons. The fourth-order valence-corrected chi connectivity index (χ4v) is 4.88. The van der Waals surface area contributed by atoms with Crippen LogP contribution in [0.1, 0.15) is 61.6 Å². The molecule has 0 bridgehead atoms. The third-order valence-electron chi connectivity index (χ3n) is 6.86. The van der Waals surface area contributed by atoms with E-state index in [0.717, 1.165) is 34.2 Å². The topological polar surface area (TPSA) is 93.7 Å². The number of unbranched alkanes of at least 4 members (excludes halogenated alkanes) is 1. The van der Waals surface area contributed by atoms with E-state index >= 15 is 0 Å². The first kappa shape index (κ1) is 27.9. The van der Waals surface area contributed by atoms with Crippen molar-refractivity contribution in [1.29, 1.82) is 0 Å². The first-order valence-corrected chi connectivity index (χ1v) is 13.7. The van der Waals surface area contributed by atoms with Gasteiger partial charge < -0.3 is 20.1 Å². The number of fused-ring (bicyclic) bond motifs is 3. The molecule has 1 aliphatic rings. The number of ether oxygens (including phenoxy) is 2. The fourth-order valence-electron chi connectivity index (χ4n) is 4.88. The molecule has 0 saturated heterocycles. The Morgan fingerprint density at radius 3 is 2.13 bits per heavy atom. The minimum Gasteiger partial charge on any atom is -0.459 e. The molecular weight excluding hydrogens is 492 g/mol. The first-order chi connectivity index (χ1) is 19.1. The predicted octanol–water partition coefficient (Wildman–Crippen LogP) is 5.72. The smallest absolute Gasteiger partial charge is 0.407 e. The van der Waals surface area contributed by atoms with E-state index in [1.807, 2.05) is 61.5 Å². The van der Waals surface area contributed by atoms with E-state index < -0.39 is 18.1 Å². The Labute approximate surface area is 229 Å². The van der Waals surface area contributed by atoms with Crippen LogP contribution in [0.4, 0.5) is 4.79 Å². The van der Waals surface area contributed by atoms with Crippen LogP contribution in [-0.4, -0.2) is 37.2 Å². The molecule has 0 heterocycles. The number of hydrogen-bond donors (Lipinski definition) is 2. The van der Waals surface area contributed by atoms with Crippen molar-refractivity contribution in [1.82, 2.24) is 10.6 Å². The summed E-state index contributed by atoms with van der Waals surface area (Å²) in [5.74, 6) is -0.561. The van der Waals surface area contributed by atoms with E-state index in [9.17, 15) is 14.4 Å². The summed E-state index contributed by atoms with van der Waals surface area (Å²) in [5, 5.41) is 5.60. The molecule has 0 aromatic heterocycles. The molecule has 0 unspecified atom stereocenters. The van der Waals surface area contributed by atoms with Crippen molar-refractivity contribution in [2.24, 2.45) is 0 Å². The summed E-state index contributed by atoms with van der Waals surface area (Å²) >= 11 is 0. The molecule has 0 spiro atoms. The minimum atomic E-state index is -0.851. The maximum absolute atomic E-state index is 12.9. The van der Waals surface area contributed by atoms with Crippen LogP contribution in [0.5, 0.6) is 0 Å². The minimum absolute atomic E-state index is 0.0214. The Hall–Kier alpha value is -4.13. The second-order valence-corrected chi connectivity index (χ2v) is 9.71. The van der Waals surface area contributed by atoms with E-state index in [0.29, 0.717) is 32.2 Å². The maximum Gasteiger partial charge on any atom is 0.407 e. The highest BCUT2D eigenvalue weighted by atomic mass is 16.6. The second kappa shape index (κ2) is 14.1. The highest BCUT2D eigenvalue weighted by Crippen LogP contribution is 2.44. The van der Waals surface area contributed by atoms with E-state index in [-0.39, 0.29) is 25.0 Å². The van der Waals surface area contributed by atoms with Gasteiger partial charge in [0, 0.05) is 18.9 Å². The van der Waals surface area contributed by atoms with Crippen LogP contribution in [0.2, 0.25) is 0 Å². The van der Waals surface area contributed by atoms with Gasteiger partial charge in [-0.1, -0.05) is 85.8 Å². The molecule has 39 heavy (non-hydrogen) atoms. The predicted molar refractivity (Wildman–Crippen MR) is 150 cm³/mol. The zero-order valence-corrected chi connectivity index (χ0v) is 22.4. The Kier molecular flexibility index (Phi) is 10.1. The van der Waals surface area contributed by atoms with Gasteiger partial charge in [0.25, 0.3) is 0 Å². The van der Waals surface area contributed by atoms with Crippen LogP contribution in [0, 0.1) is 0 Å². The summed E-state index contributed by atoms with van der Waals surface area (Å²) in [6.07, 6.45) is 2.32. The van der Waals surface area contributed by atoms with Gasteiger partial charge in [-0.25, -0.2) is 9.59 Å². The molecule has 3 aromatic carbocycles. The summed E-state index contributed by atoms with van der Waals surface area (Å²) in [5.41, 5.74) is 5.40. The van der Waals surface area contributed by atoms with Gasteiger partial charge in [-0.3, -0.25) is 4.79 Å². The van der Waals surface area contributed by atoms with Crippen LogP contribution in [0.25, 0.3) is 11.1 Å². The monoisotopic (exact) mass is 528 g/mol. The van der Waals surface area contributed by atoms with E-state index in [1.165, 1.54) is 0 Å². The Bertz CT molecular complexity index is 1210. The van der Waals surface area contributed by atoms with Crippen molar-refractivity contribution in [2.45, 2.75) is 57.6 Å². The second-order valence-electron chi connectivity index (χ2n) is 9.71. The fraction of sp³-hybridized carbons (Fsp3) is 0.344. The van der Waals surface area contributed by atoms with Crippen molar-refractivity contribution < 1.29 is 23.9 Å². The number of benzene rings is 3. The lowest BCUT2D eigenvalue weighted by Crippen LogP contribution is -2.42. The standard InChI is InChI=1S/C32H36N2O5/c1-2-12-30(35)33-20-11-10-19-29(31(36)38-21-23-13-4-3-5-14-23)34-32(37)39-22-28-26-17-8-6-15-24(26)25-16-7-9-18-27(25)28/h3-9,13-18,28-29H,2,10-12,19-22H2,1H3,(H,33,35)(H,34,37)/t29-/m0/s1. The zero-order valence-electron chi connectivity index (χ0n) is 22.4. The maximum atomic E-state index is 12.9. The average Bonchev–Trinajstić information content (AvgIpc) is 3.28. The molecule has 7 nitrogen and oxygen atoms in total. The number of carbonyl (C=O) groups excluding carboxylic acids is 3. The average molecular weight is 529 g/mol. The van der Waals surface area contributed by atoms with Gasteiger partial charge in [-0.15, -0.1) is 0 Å². The van der Waals surface area contributed by atoms with E-state index in [4.69, 9.17) is 9.47 Å². The molecule has 0 fully saturated rings. The van der Waals surface area contributed by atoms with Gasteiger partial charge in [-0.05, 0) is 53.5 Å². The number of amides is 2. The van der Waals surface area contributed by atoms with E-state index in [2.05, 4.69) is 34.9 Å². The number of alkyl carbamates (subject to hydrolysis) is 1. The highest BCUT2D eigenvalue weighted by molar-refractivity contribution is 5.82. The summed E-state index contributed by atoms with van der Waals surface area (Å²) < 4.78 is 11.2. The molecule has 0 radical (unpaired) electrons. The van der Waals surface area contributed by atoms with Gasteiger partial charge in [0.2, 0.25) is 5.91 Å². The van der Waals surface area contributed by atoms with Crippen LogP contribution in [0.15, 0.2) is 78.9 Å². The number of hydrogen-bond acceptors (Lipinski definition) is 5. The molecular formula is C32H36N2O5. The molecule has 1 atom stereocenters. The SMILES string of the molecule is CCCC(=O)NCCCC[C@H](NC(=O)OCC1c2ccccc2-c2ccccc21)C(=O)OCc1ccccc1. The largest absolute Gasteiger partial charge is 0.459 e. The van der Waals surface area contributed by atoms with Gasteiger partial charge in [-0.2, -0.15) is 0 Å². The Balaban J connectivity index is 1.34. The van der Waals surface area contributed by atoms with Gasteiger partial charge in [0.1, 0.15) is 19.3 Å². The van der Waals surface area contributed by atoms with Gasteiger partial charge in [0.15, 0.2) is 0 Å². The summed E-state index contributed by atoms with van der Waals surface area (Å²) in [7, 11) is 0. The molecule has 0 saturated carbocycles. The lowest BCUT2D eigenvalue weighted by Gasteiger charge is -2.19.